The number of aliphatic hydroxyl groups is 1. The van der Waals surface area contributed by atoms with Gasteiger partial charge in [0.05, 0.1) is 17.3 Å². The molecule has 8 heteroatoms. The molecule has 8 nitrogen and oxygen atoms in total. The minimum absolute atomic E-state index is 0.00963. The van der Waals surface area contributed by atoms with Crippen molar-refractivity contribution in [2.24, 2.45) is 0 Å². The van der Waals surface area contributed by atoms with E-state index in [0.717, 1.165) is 5.56 Å². The Labute approximate surface area is 165 Å². The Balaban J connectivity index is 3.06. The topological polar surface area (TPSA) is 127 Å². The third kappa shape index (κ3) is 7.67. The molecule has 0 saturated heterocycles. The van der Waals surface area contributed by atoms with Crippen LogP contribution in [-0.2, 0) is 15.9 Å². The van der Waals surface area contributed by atoms with Crippen LogP contribution in [-0.4, -0.2) is 35.1 Å². The van der Waals surface area contributed by atoms with E-state index in [1.54, 1.807) is 20.8 Å². The number of nitrogens with one attached hydrogen (secondary N) is 2. The maximum absolute atomic E-state index is 11.5. The number of hydrogen-bond acceptors (Lipinski definition) is 7. The van der Waals surface area contributed by atoms with Gasteiger partial charge in [-0.15, -0.1) is 0 Å². The molecule has 0 saturated carbocycles. The lowest BCUT2D eigenvalue weighted by atomic mass is 9.88. The third-order valence-electron chi connectivity index (χ3n) is 3.36. The van der Waals surface area contributed by atoms with Crippen molar-refractivity contribution in [1.29, 1.82) is 10.5 Å². The van der Waals surface area contributed by atoms with E-state index >= 15 is 0 Å². The second-order valence-electron chi connectivity index (χ2n) is 7.20. The summed E-state index contributed by atoms with van der Waals surface area (Å²) in [6, 6.07) is 13.3. The summed E-state index contributed by atoms with van der Waals surface area (Å²) in [6.07, 6.45) is -0.290. The highest BCUT2D eigenvalue weighted by atomic mass is 16.6. The smallest absolute Gasteiger partial charge is 0.426 e. The molecule has 1 rings (SSSR count). The van der Waals surface area contributed by atoms with Gasteiger partial charge in [0, 0.05) is 12.6 Å². The third-order valence-corrected chi connectivity index (χ3v) is 3.36. The Morgan fingerprint density at radius 3 is 2.43 bits per heavy atom. The number of carbonyl (C=O) groups excluding carboxylic acids is 1. The van der Waals surface area contributed by atoms with Crippen molar-refractivity contribution < 1.29 is 19.4 Å². The van der Waals surface area contributed by atoms with E-state index in [1.807, 2.05) is 36.4 Å². The van der Waals surface area contributed by atoms with Crippen molar-refractivity contribution in [3.63, 3.8) is 0 Å². The summed E-state index contributed by atoms with van der Waals surface area (Å²) in [7, 11) is 0. The standard InChI is InChI=1S/C20H26N4O4/c1-15(25)13-27-18(26)24-23-12-17(11-21)20(14-22,28-19(2,3)4)10-16-8-6-5-7-9-16/h5-9,12,15,23,25H,10,13H2,1-4H3,(H,24,26)/t15?,20-/m0/s1. The zero-order chi connectivity index (χ0) is 21.2. The molecule has 0 aliphatic rings. The summed E-state index contributed by atoms with van der Waals surface area (Å²) in [5, 5.41) is 28.7. The van der Waals surface area contributed by atoms with Crippen molar-refractivity contribution in [2.75, 3.05) is 6.61 Å². The van der Waals surface area contributed by atoms with E-state index < -0.39 is 23.4 Å². The highest BCUT2D eigenvalue weighted by Gasteiger charge is 2.40. The molecule has 0 aromatic heterocycles. The van der Waals surface area contributed by atoms with Crippen LogP contribution in [0.5, 0.6) is 0 Å². The number of nitriles is 2. The summed E-state index contributed by atoms with van der Waals surface area (Å²) in [6.45, 7) is 6.67. The van der Waals surface area contributed by atoms with Crippen LogP contribution in [0.3, 0.4) is 0 Å². The van der Waals surface area contributed by atoms with E-state index in [1.165, 1.54) is 13.1 Å². The Bertz CT molecular complexity index is 757. The van der Waals surface area contributed by atoms with Crippen molar-refractivity contribution in [3.8, 4) is 12.1 Å². The van der Waals surface area contributed by atoms with Gasteiger partial charge in [0.2, 0.25) is 0 Å². The van der Waals surface area contributed by atoms with Gasteiger partial charge in [-0.1, -0.05) is 30.3 Å². The SMILES string of the molecule is CC(O)COC(=O)NNC=C(C#N)[C@@](C#N)(Cc1ccccc1)OC(C)(C)C. The maximum Gasteiger partial charge on any atom is 0.426 e. The molecule has 28 heavy (non-hydrogen) atoms. The number of ether oxygens (including phenoxy) is 2. The number of nitrogens with zero attached hydrogens (tertiary/aromatic N) is 2. The maximum atomic E-state index is 11.5. The van der Waals surface area contributed by atoms with E-state index in [0.29, 0.717) is 0 Å². The molecule has 2 atom stereocenters. The van der Waals surface area contributed by atoms with Gasteiger partial charge in [0.1, 0.15) is 18.7 Å². The highest BCUT2D eigenvalue weighted by Crippen LogP contribution is 2.30. The van der Waals surface area contributed by atoms with E-state index in [4.69, 9.17) is 14.6 Å². The molecule has 0 fully saturated rings. The lowest BCUT2D eigenvalue weighted by Crippen LogP contribution is -2.44. The first-order valence-electron chi connectivity index (χ1n) is 8.74. The molecule has 1 unspecified atom stereocenters. The average Bonchev–Trinajstić information content (AvgIpc) is 2.62. The largest absolute Gasteiger partial charge is 0.446 e. The first-order valence-corrected chi connectivity index (χ1v) is 8.74. The van der Waals surface area contributed by atoms with E-state index in [2.05, 4.69) is 16.9 Å². The lowest BCUT2D eigenvalue weighted by molar-refractivity contribution is -0.0790. The second kappa shape index (κ2) is 10.3. The van der Waals surface area contributed by atoms with Gasteiger partial charge in [-0.25, -0.2) is 10.2 Å². The number of benzene rings is 1. The zero-order valence-electron chi connectivity index (χ0n) is 16.5. The summed E-state index contributed by atoms with van der Waals surface area (Å²) in [5.41, 5.74) is 3.20. The molecule has 0 aliphatic heterocycles. The average molecular weight is 386 g/mol. The van der Waals surface area contributed by atoms with Gasteiger partial charge in [-0.3, -0.25) is 0 Å². The number of amides is 1. The van der Waals surface area contributed by atoms with E-state index in [9.17, 15) is 15.3 Å². The molecule has 150 valence electrons. The molecule has 0 radical (unpaired) electrons. The molecule has 0 heterocycles. The number of hydrogen-bond donors (Lipinski definition) is 3. The molecule has 1 aromatic carbocycles. The zero-order valence-corrected chi connectivity index (χ0v) is 16.5. The Kier molecular flexibility index (Phi) is 8.46. The Morgan fingerprint density at radius 2 is 1.93 bits per heavy atom. The second-order valence-corrected chi connectivity index (χ2v) is 7.20. The van der Waals surface area contributed by atoms with E-state index in [-0.39, 0.29) is 18.6 Å². The molecular weight excluding hydrogens is 360 g/mol. The summed E-state index contributed by atoms with van der Waals surface area (Å²) < 4.78 is 10.7. The van der Waals surface area contributed by atoms with Gasteiger partial charge in [0.15, 0.2) is 5.60 Å². The van der Waals surface area contributed by atoms with Gasteiger partial charge < -0.3 is 20.0 Å². The predicted molar refractivity (Wildman–Crippen MR) is 102 cm³/mol. The molecule has 1 aromatic rings. The number of aliphatic hydroxyl groups excluding tert-OH is 1. The normalized spacial score (nSPS) is 14.8. The summed E-state index contributed by atoms with van der Waals surface area (Å²) >= 11 is 0. The van der Waals surface area contributed by atoms with Crippen molar-refractivity contribution in [2.45, 2.75) is 51.4 Å². The molecule has 1 amide bonds. The summed E-state index contributed by atoms with van der Waals surface area (Å²) in [4.78, 5) is 11.5. The molecule has 0 spiro atoms. The predicted octanol–water partition coefficient (Wildman–Crippen LogP) is 2.33. The van der Waals surface area contributed by atoms with Gasteiger partial charge >= 0.3 is 6.09 Å². The van der Waals surface area contributed by atoms with Crippen molar-refractivity contribution >= 4 is 6.09 Å². The molecule has 3 N–H and O–H groups in total. The van der Waals surface area contributed by atoms with Crippen molar-refractivity contribution in [3.05, 3.63) is 47.7 Å². The first-order chi connectivity index (χ1) is 13.1. The first kappa shape index (κ1) is 23.0. The van der Waals surface area contributed by atoms with Crippen LogP contribution < -0.4 is 10.9 Å². The summed E-state index contributed by atoms with van der Waals surface area (Å²) in [5.74, 6) is 0. The van der Waals surface area contributed by atoms with Crippen LogP contribution in [0.25, 0.3) is 0 Å². The highest BCUT2D eigenvalue weighted by molar-refractivity contribution is 5.66. The minimum atomic E-state index is -1.56. The Hall–Kier alpha value is -3.07. The van der Waals surface area contributed by atoms with Gasteiger partial charge in [0.25, 0.3) is 0 Å². The van der Waals surface area contributed by atoms with Crippen molar-refractivity contribution in [1.82, 2.24) is 10.9 Å². The van der Waals surface area contributed by atoms with Crippen LogP contribution in [0.15, 0.2) is 42.1 Å². The van der Waals surface area contributed by atoms with Crippen LogP contribution >= 0.6 is 0 Å². The number of carbonyl (C=O) groups is 1. The number of rotatable bonds is 8. The van der Waals surface area contributed by atoms with Gasteiger partial charge in [-0.05, 0) is 33.3 Å². The number of hydrazine groups is 1. The lowest BCUT2D eigenvalue weighted by Gasteiger charge is -2.34. The Morgan fingerprint density at radius 1 is 1.29 bits per heavy atom. The fourth-order valence-electron chi connectivity index (χ4n) is 2.35. The molecule has 0 aliphatic carbocycles. The van der Waals surface area contributed by atoms with Crippen LogP contribution in [0.4, 0.5) is 4.79 Å². The van der Waals surface area contributed by atoms with Crippen LogP contribution in [0.1, 0.15) is 33.3 Å². The quantitative estimate of drug-likeness (QED) is 0.462. The molecule has 0 bridgehead atoms. The fraction of sp³-hybridized carbons (Fsp3) is 0.450. The fourth-order valence-corrected chi connectivity index (χ4v) is 2.35. The monoisotopic (exact) mass is 386 g/mol. The molecular formula is C20H26N4O4. The minimum Gasteiger partial charge on any atom is -0.446 e. The van der Waals surface area contributed by atoms with Crippen LogP contribution in [0.2, 0.25) is 0 Å². The van der Waals surface area contributed by atoms with Gasteiger partial charge in [-0.2, -0.15) is 10.5 Å². The van der Waals surface area contributed by atoms with Crippen LogP contribution in [0, 0.1) is 22.7 Å².